The Kier molecular flexibility index (Phi) is 7.34. The Labute approximate surface area is 195 Å². The van der Waals surface area contributed by atoms with Crippen LogP contribution in [0.1, 0.15) is 13.3 Å². The Morgan fingerprint density at radius 1 is 1.44 bits per heavy atom. The summed E-state index contributed by atoms with van der Waals surface area (Å²) in [4.78, 5) is 26.8. The first kappa shape index (κ1) is 24.7. The molecule has 0 saturated carbocycles. The molecule has 1 aliphatic heterocycles. The summed E-state index contributed by atoms with van der Waals surface area (Å²) >= 11 is 9.61. The third-order valence-corrected chi connectivity index (χ3v) is 6.44. The molecule has 11 nitrogen and oxygen atoms in total. The molecule has 0 radical (unpaired) electrons. The number of carboxylic acid groups (broad SMARTS) is 1. The minimum absolute atomic E-state index is 0.00479. The summed E-state index contributed by atoms with van der Waals surface area (Å²) in [5, 5.41) is 53.2. The van der Waals surface area contributed by atoms with Gasteiger partial charge in [0.2, 0.25) is 5.91 Å². The summed E-state index contributed by atoms with van der Waals surface area (Å²) < 4.78 is 11.9. The third-order valence-electron chi connectivity index (χ3n) is 5.16. The highest BCUT2D eigenvalue weighted by Gasteiger charge is 2.57. The van der Waals surface area contributed by atoms with Gasteiger partial charge in [0.05, 0.1) is 41.1 Å². The molecule has 7 N–H and O–H groups in total. The second kappa shape index (κ2) is 9.51. The average Bonchev–Trinajstić information content (AvgIpc) is 3.14. The lowest BCUT2D eigenvalue weighted by atomic mass is 9.88. The van der Waals surface area contributed by atoms with E-state index in [1.165, 1.54) is 6.20 Å². The highest BCUT2D eigenvalue weighted by Crippen LogP contribution is 2.41. The van der Waals surface area contributed by atoms with Gasteiger partial charge in [0.25, 0.3) is 0 Å². The largest absolute Gasteiger partial charge is 0.476 e. The molecule has 13 heteroatoms. The molecule has 2 heterocycles. The van der Waals surface area contributed by atoms with Crippen molar-refractivity contribution in [2.75, 3.05) is 6.61 Å². The molecule has 1 fully saturated rings. The van der Waals surface area contributed by atoms with Crippen LogP contribution in [-0.2, 0) is 14.3 Å². The fraction of sp³-hybridized carbons (Fsp3) is 0.474. The molecule has 0 spiro atoms. The molecule has 32 heavy (non-hydrogen) atoms. The van der Waals surface area contributed by atoms with Gasteiger partial charge in [-0.15, -0.1) is 0 Å². The lowest BCUT2D eigenvalue weighted by Crippen LogP contribution is -2.68. The van der Waals surface area contributed by atoms with Crippen molar-refractivity contribution < 1.29 is 44.6 Å². The zero-order valence-corrected chi connectivity index (χ0v) is 19.0. The number of amides is 1. The number of aromatic nitrogens is 1. The smallest absolute Gasteiger partial charge is 0.377 e. The Bertz CT molecular complexity index is 1020. The summed E-state index contributed by atoms with van der Waals surface area (Å²) in [5.74, 6) is -4.75. The van der Waals surface area contributed by atoms with Crippen molar-refractivity contribution in [3.05, 3.63) is 27.8 Å². The van der Waals surface area contributed by atoms with Gasteiger partial charge in [-0.25, -0.2) is 4.79 Å². The van der Waals surface area contributed by atoms with E-state index in [1.54, 1.807) is 12.1 Å². The standard InChI is InChI=1S/C19H22BrClN2O9/c1-7(25)23-15-10(26)4-19(18(29)30,32-17(15)16(28)11(27)6-24)31-12-5-22-9-3-2-8(20)14(21)13(9)12/h2-3,5,10-11,15-17,22,24,26-28H,4,6H2,1H3,(H,23,25)(H,29,30)/t10?,11?,15-,16?,17?,19-/m1/s1. The van der Waals surface area contributed by atoms with E-state index >= 15 is 0 Å². The van der Waals surface area contributed by atoms with Gasteiger partial charge < -0.3 is 45.3 Å². The van der Waals surface area contributed by atoms with Crippen LogP contribution in [0, 0.1) is 0 Å². The van der Waals surface area contributed by atoms with Gasteiger partial charge in [-0.2, -0.15) is 0 Å². The maximum atomic E-state index is 12.3. The normalized spacial score (nSPS) is 27.7. The molecule has 1 amide bonds. The zero-order valence-electron chi connectivity index (χ0n) is 16.7. The highest BCUT2D eigenvalue weighted by molar-refractivity contribution is 9.10. The molecule has 2 aromatic rings. The van der Waals surface area contributed by atoms with E-state index < -0.39 is 61.1 Å². The quantitative estimate of drug-likeness (QED) is 0.258. The number of rotatable bonds is 7. The second-order valence-corrected chi connectivity index (χ2v) is 8.65. The molecule has 1 aliphatic rings. The van der Waals surface area contributed by atoms with Crippen molar-refractivity contribution in [2.24, 2.45) is 0 Å². The van der Waals surface area contributed by atoms with E-state index in [4.69, 9.17) is 21.1 Å². The summed E-state index contributed by atoms with van der Waals surface area (Å²) in [6, 6.07) is 2.07. The van der Waals surface area contributed by atoms with Crippen LogP contribution in [0.2, 0.25) is 5.02 Å². The molecule has 0 aliphatic carbocycles. The number of hydrogen-bond acceptors (Lipinski definition) is 8. The number of ether oxygens (including phenoxy) is 2. The number of aliphatic carboxylic acids is 1. The maximum absolute atomic E-state index is 12.3. The first-order valence-corrected chi connectivity index (χ1v) is 10.6. The Hall–Kier alpha value is -1.93. The van der Waals surface area contributed by atoms with Crippen LogP contribution in [0.25, 0.3) is 10.9 Å². The van der Waals surface area contributed by atoms with Crippen LogP contribution >= 0.6 is 27.5 Å². The minimum atomic E-state index is -2.52. The lowest BCUT2D eigenvalue weighted by molar-refractivity contribution is -0.284. The summed E-state index contributed by atoms with van der Waals surface area (Å²) in [6.45, 7) is 0.275. The van der Waals surface area contributed by atoms with Gasteiger partial charge in [0.15, 0.2) is 5.75 Å². The van der Waals surface area contributed by atoms with Crippen molar-refractivity contribution in [2.45, 2.75) is 49.6 Å². The van der Waals surface area contributed by atoms with Gasteiger partial charge in [-0.05, 0) is 28.1 Å². The number of benzene rings is 1. The predicted octanol–water partition coefficient (Wildman–Crippen LogP) is 0.112. The van der Waals surface area contributed by atoms with Crippen molar-refractivity contribution in [3.8, 4) is 5.75 Å². The molecule has 0 bridgehead atoms. The van der Waals surface area contributed by atoms with Crippen LogP contribution in [-0.4, -0.2) is 85.2 Å². The van der Waals surface area contributed by atoms with Gasteiger partial charge in [-0.1, -0.05) is 11.6 Å². The van der Waals surface area contributed by atoms with Gasteiger partial charge in [0.1, 0.15) is 18.3 Å². The highest BCUT2D eigenvalue weighted by atomic mass is 79.9. The summed E-state index contributed by atoms with van der Waals surface area (Å²) in [6.07, 6.45) is -6.09. The Morgan fingerprint density at radius 2 is 2.12 bits per heavy atom. The predicted molar refractivity (Wildman–Crippen MR) is 114 cm³/mol. The number of aliphatic hydroxyl groups is 4. The van der Waals surface area contributed by atoms with Crippen LogP contribution in [0.5, 0.6) is 5.75 Å². The molecule has 1 aromatic heterocycles. The molecule has 3 rings (SSSR count). The molecule has 4 unspecified atom stereocenters. The van der Waals surface area contributed by atoms with E-state index in [0.717, 1.165) is 6.92 Å². The fourth-order valence-corrected chi connectivity index (χ4v) is 4.21. The summed E-state index contributed by atoms with van der Waals surface area (Å²) in [5.41, 5.74) is 0.536. The number of carbonyl (C=O) groups is 2. The average molecular weight is 538 g/mol. The van der Waals surface area contributed by atoms with Crippen molar-refractivity contribution in [1.82, 2.24) is 10.3 Å². The van der Waals surface area contributed by atoms with E-state index in [0.29, 0.717) is 15.4 Å². The molecule has 176 valence electrons. The van der Waals surface area contributed by atoms with Crippen LogP contribution < -0.4 is 10.1 Å². The molecular weight excluding hydrogens is 516 g/mol. The topological polar surface area (TPSA) is 182 Å². The van der Waals surface area contributed by atoms with Gasteiger partial charge in [0, 0.05) is 17.6 Å². The lowest BCUT2D eigenvalue weighted by Gasteiger charge is -2.46. The number of aromatic amines is 1. The van der Waals surface area contributed by atoms with Gasteiger partial charge >= 0.3 is 11.8 Å². The van der Waals surface area contributed by atoms with E-state index in [-0.39, 0.29) is 10.8 Å². The zero-order chi connectivity index (χ0) is 23.8. The maximum Gasteiger partial charge on any atom is 0.377 e. The van der Waals surface area contributed by atoms with Crippen LogP contribution in [0.3, 0.4) is 0 Å². The van der Waals surface area contributed by atoms with Crippen molar-refractivity contribution in [1.29, 1.82) is 0 Å². The number of carbonyl (C=O) groups excluding carboxylic acids is 1. The van der Waals surface area contributed by atoms with Crippen LogP contribution in [0.4, 0.5) is 0 Å². The molecule has 1 aromatic carbocycles. The molecule has 6 atom stereocenters. The number of fused-ring (bicyclic) bond motifs is 1. The number of aliphatic hydroxyl groups excluding tert-OH is 4. The number of halogens is 2. The van der Waals surface area contributed by atoms with Crippen molar-refractivity contribution in [3.63, 3.8) is 0 Å². The van der Waals surface area contributed by atoms with E-state index in [9.17, 15) is 35.1 Å². The SMILES string of the molecule is CC(=O)N[C@@H]1C(O)C[C@](Oc2c[nH]c3ccc(Br)c(Cl)c23)(C(=O)O)OC1C(O)C(O)CO. The number of hydrogen-bond donors (Lipinski definition) is 7. The first-order valence-electron chi connectivity index (χ1n) is 9.48. The molecular formula is C19H22BrClN2O9. The van der Waals surface area contributed by atoms with Gasteiger partial charge in [-0.3, -0.25) is 4.79 Å². The number of H-pyrrole nitrogens is 1. The van der Waals surface area contributed by atoms with Crippen molar-refractivity contribution >= 4 is 50.3 Å². The fourth-order valence-electron chi connectivity index (χ4n) is 3.62. The Balaban J connectivity index is 2.05. The second-order valence-electron chi connectivity index (χ2n) is 7.42. The molecule has 1 saturated heterocycles. The van der Waals surface area contributed by atoms with E-state index in [1.807, 2.05) is 0 Å². The monoisotopic (exact) mass is 536 g/mol. The van der Waals surface area contributed by atoms with Crippen LogP contribution in [0.15, 0.2) is 22.8 Å². The number of nitrogens with one attached hydrogen (secondary N) is 2. The van der Waals surface area contributed by atoms with E-state index in [2.05, 4.69) is 26.2 Å². The minimum Gasteiger partial charge on any atom is -0.476 e. The first-order chi connectivity index (χ1) is 15.0. The Morgan fingerprint density at radius 3 is 2.72 bits per heavy atom. The summed E-state index contributed by atoms with van der Waals surface area (Å²) in [7, 11) is 0. The third kappa shape index (κ3) is 4.57. The number of carboxylic acids is 1.